The molecule has 0 bridgehead atoms. The Morgan fingerprint density at radius 2 is 2.12 bits per heavy atom. The summed E-state index contributed by atoms with van der Waals surface area (Å²) in [6, 6.07) is 1.88. The van der Waals surface area contributed by atoms with Crippen molar-refractivity contribution in [2.75, 3.05) is 0 Å². The van der Waals surface area contributed by atoms with Crippen LogP contribution in [-0.4, -0.2) is 38.6 Å². The fraction of sp³-hybridized carbons (Fsp3) is 0.500. The van der Waals surface area contributed by atoms with E-state index in [1.54, 1.807) is 22.2 Å². The number of carbonyl (C=O) groups excluding carboxylic acids is 2. The van der Waals surface area contributed by atoms with Crippen LogP contribution in [0.25, 0.3) is 0 Å². The smallest absolute Gasteiger partial charge is 0.252 e. The van der Waals surface area contributed by atoms with Crippen LogP contribution in [0.3, 0.4) is 0 Å². The number of thiophene rings is 1. The van der Waals surface area contributed by atoms with Crippen molar-refractivity contribution < 1.29 is 9.59 Å². The Kier molecular flexibility index (Phi) is 3.91. The minimum atomic E-state index is -0.226. The highest BCUT2D eigenvalue weighted by Gasteiger charge is 2.48. The van der Waals surface area contributed by atoms with Gasteiger partial charge in [-0.1, -0.05) is 0 Å². The molecule has 0 aromatic carbocycles. The van der Waals surface area contributed by atoms with Crippen LogP contribution in [-0.2, 0) is 11.8 Å². The minimum absolute atomic E-state index is 0.0931. The molecule has 2 aromatic heterocycles. The van der Waals surface area contributed by atoms with Crippen LogP contribution in [0.15, 0.2) is 17.6 Å². The van der Waals surface area contributed by atoms with Gasteiger partial charge >= 0.3 is 0 Å². The fourth-order valence-corrected chi connectivity index (χ4v) is 4.54. The van der Waals surface area contributed by atoms with E-state index in [1.807, 2.05) is 37.2 Å². The van der Waals surface area contributed by atoms with Crippen molar-refractivity contribution >= 4 is 23.2 Å². The lowest BCUT2D eigenvalue weighted by molar-refractivity contribution is -0.129. The quantitative estimate of drug-likeness (QED) is 0.912. The zero-order valence-corrected chi connectivity index (χ0v) is 15.5. The average Bonchev–Trinajstić information content (AvgIpc) is 3.12. The average molecular weight is 358 g/mol. The van der Waals surface area contributed by atoms with Crippen LogP contribution in [0.4, 0.5) is 0 Å². The van der Waals surface area contributed by atoms with Gasteiger partial charge in [-0.25, -0.2) is 0 Å². The predicted octanol–water partition coefficient (Wildman–Crippen LogP) is 2.33. The fourth-order valence-electron chi connectivity index (χ4n) is 3.67. The molecule has 1 aliphatic heterocycles. The van der Waals surface area contributed by atoms with E-state index in [2.05, 4.69) is 10.4 Å². The van der Waals surface area contributed by atoms with Crippen molar-refractivity contribution in [3.63, 3.8) is 0 Å². The Balaban J connectivity index is 1.63. The van der Waals surface area contributed by atoms with Crippen molar-refractivity contribution in [3.8, 4) is 0 Å². The maximum absolute atomic E-state index is 12.8. The summed E-state index contributed by atoms with van der Waals surface area (Å²) in [6.45, 7) is 3.98. The van der Waals surface area contributed by atoms with Crippen LogP contribution in [0.5, 0.6) is 0 Å². The Morgan fingerprint density at radius 3 is 2.68 bits per heavy atom. The first-order valence-electron chi connectivity index (χ1n) is 8.62. The maximum atomic E-state index is 12.8. The van der Waals surface area contributed by atoms with E-state index in [-0.39, 0.29) is 23.9 Å². The van der Waals surface area contributed by atoms with Crippen molar-refractivity contribution in [3.05, 3.63) is 39.3 Å². The molecule has 1 aliphatic carbocycles. The molecule has 3 heterocycles. The second-order valence-corrected chi connectivity index (χ2v) is 8.06. The molecule has 4 rings (SSSR count). The number of aromatic nitrogens is 2. The number of rotatable bonds is 4. The first-order valence-corrected chi connectivity index (χ1v) is 9.50. The predicted molar refractivity (Wildman–Crippen MR) is 95.5 cm³/mol. The topological polar surface area (TPSA) is 67.2 Å². The van der Waals surface area contributed by atoms with E-state index in [4.69, 9.17) is 0 Å². The maximum Gasteiger partial charge on any atom is 0.252 e. The normalized spacial score (nSPS) is 23.3. The molecule has 2 amide bonds. The Morgan fingerprint density at radius 1 is 1.36 bits per heavy atom. The first-order chi connectivity index (χ1) is 12.0. The summed E-state index contributed by atoms with van der Waals surface area (Å²) < 4.78 is 1.80. The molecule has 1 N–H and O–H groups in total. The van der Waals surface area contributed by atoms with Crippen LogP contribution in [0.2, 0.25) is 0 Å². The summed E-state index contributed by atoms with van der Waals surface area (Å²) in [7, 11) is 1.88. The van der Waals surface area contributed by atoms with E-state index in [0.717, 1.165) is 29.0 Å². The molecule has 25 heavy (non-hydrogen) atoms. The van der Waals surface area contributed by atoms with Crippen molar-refractivity contribution in [2.45, 2.75) is 51.2 Å². The lowest BCUT2D eigenvalue weighted by Gasteiger charge is -2.28. The lowest BCUT2D eigenvalue weighted by Crippen LogP contribution is -2.41. The van der Waals surface area contributed by atoms with Gasteiger partial charge in [-0.15, -0.1) is 11.3 Å². The minimum Gasteiger partial charge on any atom is -0.346 e. The van der Waals surface area contributed by atoms with Crippen molar-refractivity contribution in [1.82, 2.24) is 20.0 Å². The second-order valence-electron chi connectivity index (χ2n) is 6.97. The summed E-state index contributed by atoms with van der Waals surface area (Å²) in [4.78, 5) is 28.5. The Hall–Kier alpha value is -2.15. The van der Waals surface area contributed by atoms with Crippen LogP contribution in [0, 0.1) is 13.8 Å². The van der Waals surface area contributed by atoms with E-state index >= 15 is 0 Å². The van der Waals surface area contributed by atoms with E-state index in [9.17, 15) is 9.59 Å². The van der Waals surface area contributed by atoms with Crippen LogP contribution < -0.4 is 5.32 Å². The van der Waals surface area contributed by atoms with Gasteiger partial charge in [0, 0.05) is 36.0 Å². The van der Waals surface area contributed by atoms with E-state index < -0.39 is 0 Å². The third-order valence-electron chi connectivity index (χ3n) is 5.31. The molecule has 0 unspecified atom stereocenters. The monoisotopic (exact) mass is 358 g/mol. The van der Waals surface area contributed by atoms with Crippen LogP contribution in [0.1, 0.15) is 51.8 Å². The molecule has 2 aromatic rings. The SMILES string of the molecule is Cc1scc(C(=O)N[C@@H]2CC(=O)N(C3CC3)[C@H]2c2ccnn2C)c1C. The van der Waals surface area contributed by atoms with Crippen molar-refractivity contribution in [2.24, 2.45) is 7.05 Å². The highest BCUT2D eigenvalue weighted by molar-refractivity contribution is 7.10. The van der Waals surface area contributed by atoms with Gasteiger partial charge in [0.15, 0.2) is 0 Å². The summed E-state index contributed by atoms with van der Waals surface area (Å²) >= 11 is 1.58. The molecule has 0 spiro atoms. The largest absolute Gasteiger partial charge is 0.346 e. The molecule has 2 aliphatic rings. The Bertz CT molecular complexity index is 836. The lowest BCUT2D eigenvalue weighted by atomic mass is 10.0. The van der Waals surface area contributed by atoms with Crippen molar-refractivity contribution in [1.29, 1.82) is 0 Å². The number of likely N-dealkylation sites (tertiary alicyclic amines) is 1. The molecular formula is C18H22N4O2S. The second kappa shape index (κ2) is 5.98. The van der Waals surface area contributed by atoms with Gasteiger partial charge in [-0.2, -0.15) is 5.10 Å². The third-order valence-corrected chi connectivity index (χ3v) is 6.33. The molecule has 2 atom stereocenters. The summed E-state index contributed by atoms with van der Waals surface area (Å²) in [5.74, 6) is 0.0293. The zero-order valence-electron chi connectivity index (χ0n) is 14.7. The standard InChI is InChI=1S/C18H22N4O2S/c1-10-11(2)25-9-13(10)18(24)20-14-8-16(23)22(12-4-5-12)17(14)15-6-7-19-21(15)3/h6-7,9,12,14,17H,4-5,8H2,1-3H3,(H,20,24)/t14-,17-/m1/s1. The number of nitrogens with zero attached hydrogens (tertiary/aromatic N) is 3. The molecule has 2 fully saturated rings. The number of carbonyl (C=O) groups is 2. The van der Waals surface area contributed by atoms with Gasteiger partial charge in [0.05, 0.1) is 23.3 Å². The number of amides is 2. The van der Waals surface area contributed by atoms with Gasteiger partial charge in [-0.05, 0) is 38.3 Å². The van der Waals surface area contributed by atoms with Gasteiger partial charge in [0.2, 0.25) is 5.91 Å². The zero-order chi connectivity index (χ0) is 17.7. The van der Waals surface area contributed by atoms with Crippen LogP contribution >= 0.6 is 11.3 Å². The molecule has 1 saturated carbocycles. The molecule has 0 radical (unpaired) electrons. The van der Waals surface area contributed by atoms with Gasteiger partial charge < -0.3 is 10.2 Å². The number of aryl methyl sites for hydroxylation is 2. The van der Waals surface area contributed by atoms with Gasteiger partial charge in [-0.3, -0.25) is 14.3 Å². The van der Waals surface area contributed by atoms with Gasteiger partial charge in [0.1, 0.15) is 0 Å². The highest BCUT2D eigenvalue weighted by Crippen LogP contribution is 2.41. The van der Waals surface area contributed by atoms with E-state index in [1.165, 1.54) is 0 Å². The highest BCUT2D eigenvalue weighted by atomic mass is 32.1. The Labute approximate surface area is 150 Å². The third kappa shape index (κ3) is 2.76. The number of nitrogens with one attached hydrogen (secondary N) is 1. The van der Waals surface area contributed by atoms with Gasteiger partial charge in [0.25, 0.3) is 5.91 Å². The molecular weight excluding hydrogens is 336 g/mol. The molecule has 1 saturated heterocycles. The molecule has 7 heteroatoms. The molecule has 132 valence electrons. The van der Waals surface area contributed by atoms with E-state index in [0.29, 0.717) is 18.0 Å². The summed E-state index contributed by atoms with van der Waals surface area (Å²) in [5.41, 5.74) is 2.70. The number of hydrogen-bond acceptors (Lipinski definition) is 4. The molecule has 6 nitrogen and oxygen atoms in total. The first kappa shape index (κ1) is 16.3. The summed E-state index contributed by atoms with van der Waals surface area (Å²) in [6.07, 6.45) is 4.18. The summed E-state index contributed by atoms with van der Waals surface area (Å²) in [5, 5.41) is 9.28. The number of hydrogen-bond donors (Lipinski definition) is 1.